The summed E-state index contributed by atoms with van der Waals surface area (Å²) < 4.78 is 10.5. The molecule has 4 aromatic rings. The zero-order chi connectivity index (χ0) is 27.4. The van der Waals surface area contributed by atoms with Crippen LogP contribution in [0.1, 0.15) is 31.3 Å². The van der Waals surface area contributed by atoms with E-state index in [1.807, 2.05) is 53.4 Å². The van der Waals surface area contributed by atoms with Crippen LogP contribution in [0.25, 0.3) is 11.0 Å². The number of thiocarbonyl (C=S) groups is 1. The van der Waals surface area contributed by atoms with Crippen LogP contribution < -0.4 is 15.5 Å². The molecule has 0 spiro atoms. The van der Waals surface area contributed by atoms with E-state index in [1.165, 1.54) is 7.11 Å². The van der Waals surface area contributed by atoms with E-state index >= 15 is 0 Å². The third kappa shape index (κ3) is 5.75. The molecule has 2 N–H and O–H groups in total. The number of nitrogens with one attached hydrogen (secondary N) is 2. The van der Waals surface area contributed by atoms with Gasteiger partial charge in [0.05, 0.1) is 24.0 Å². The van der Waals surface area contributed by atoms with Crippen LogP contribution in [-0.4, -0.2) is 61.1 Å². The largest absolute Gasteiger partial charge is 0.465 e. The molecule has 0 atom stereocenters. The summed E-state index contributed by atoms with van der Waals surface area (Å²) in [6.45, 7) is 2.20. The van der Waals surface area contributed by atoms with Crippen molar-refractivity contribution < 1.29 is 23.5 Å². The molecule has 9 nitrogen and oxygen atoms in total. The number of rotatable bonds is 5. The number of hydrogen-bond acceptors (Lipinski definition) is 7. The molecule has 0 unspecified atom stereocenters. The van der Waals surface area contributed by atoms with Crippen molar-refractivity contribution in [1.82, 2.24) is 10.2 Å². The van der Waals surface area contributed by atoms with Gasteiger partial charge < -0.3 is 24.3 Å². The molecule has 198 valence electrons. The van der Waals surface area contributed by atoms with Crippen LogP contribution in [0.15, 0.2) is 83.3 Å². The molecule has 0 aliphatic carbocycles. The van der Waals surface area contributed by atoms with E-state index in [2.05, 4.69) is 15.5 Å². The van der Waals surface area contributed by atoms with Crippen LogP contribution in [0.2, 0.25) is 0 Å². The van der Waals surface area contributed by atoms with E-state index in [1.54, 1.807) is 30.3 Å². The van der Waals surface area contributed by atoms with Crippen molar-refractivity contribution in [2.24, 2.45) is 0 Å². The van der Waals surface area contributed by atoms with Crippen LogP contribution >= 0.6 is 12.2 Å². The van der Waals surface area contributed by atoms with Gasteiger partial charge >= 0.3 is 5.97 Å². The van der Waals surface area contributed by atoms with E-state index in [0.717, 1.165) is 11.1 Å². The van der Waals surface area contributed by atoms with Gasteiger partial charge in [-0.25, -0.2) is 4.79 Å². The minimum absolute atomic E-state index is 0.0101. The number of nitrogens with zero attached hydrogens (tertiary/aromatic N) is 2. The second-order valence-electron chi connectivity index (χ2n) is 8.93. The molecule has 1 saturated heterocycles. The quantitative estimate of drug-likeness (QED) is 0.284. The van der Waals surface area contributed by atoms with Gasteiger partial charge in [0.15, 0.2) is 10.9 Å². The number of carbonyl (C=O) groups excluding carboxylic acids is 3. The molecule has 5 rings (SSSR count). The Morgan fingerprint density at radius 1 is 0.872 bits per heavy atom. The lowest BCUT2D eigenvalue weighted by Crippen LogP contribution is -2.49. The molecule has 10 heteroatoms. The molecule has 39 heavy (non-hydrogen) atoms. The van der Waals surface area contributed by atoms with Crippen molar-refractivity contribution in [3.63, 3.8) is 0 Å². The van der Waals surface area contributed by atoms with Crippen molar-refractivity contribution >= 4 is 57.5 Å². The highest BCUT2D eigenvalue weighted by Crippen LogP contribution is 2.29. The second-order valence-corrected chi connectivity index (χ2v) is 9.33. The third-order valence-electron chi connectivity index (χ3n) is 6.47. The molecule has 1 aliphatic rings. The standard InChI is InChI=1S/C29H26N4O5S/c1-37-28(36)21-11-12-23(32-13-15-33(16-14-32)27(35)19-7-3-2-4-8-19)22(17-21)30-29(39)31-26(34)25-18-20-9-5-6-10-24(20)38-25/h2-12,17-18H,13-16H2,1H3,(H2,30,31,34,39). The van der Waals surface area contributed by atoms with Crippen molar-refractivity contribution in [3.05, 3.63) is 95.7 Å². The smallest absolute Gasteiger partial charge is 0.337 e. The Hall–Kier alpha value is -4.70. The van der Waals surface area contributed by atoms with Gasteiger partial charge in [-0.05, 0) is 54.7 Å². The Morgan fingerprint density at radius 2 is 1.59 bits per heavy atom. The predicted molar refractivity (Wildman–Crippen MR) is 152 cm³/mol. The average molecular weight is 543 g/mol. The van der Waals surface area contributed by atoms with Crippen molar-refractivity contribution in [1.29, 1.82) is 0 Å². The fourth-order valence-corrected chi connectivity index (χ4v) is 4.69. The number of benzene rings is 3. The summed E-state index contributed by atoms with van der Waals surface area (Å²) in [4.78, 5) is 41.8. The van der Waals surface area contributed by atoms with Crippen LogP contribution in [0.4, 0.5) is 11.4 Å². The zero-order valence-electron chi connectivity index (χ0n) is 21.2. The summed E-state index contributed by atoms with van der Waals surface area (Å²) in [5.41, 5.74) is 2.87. The van der Waals surface area contributed by atoms with Gasteiger partial charge in [0, 0.05) is 37.1 Å². The Balaban J connectivity index is 1.30. The number of fused-ring (bicyclic) bond motifs is 1. The molecule has 3 aromatic carbocycles. The first kappa shape index (κ1) is 25.9. The first-order chi connectivity index (χ1) is 18.9. The number of amides is 2. The maximum atomic E-state index is 12.9. The Bertz CT molecular complexity index is 1510. The number of para-hydroxylation sites is 1. The Kier molecular flexibility index (Phi) is 7.55. The number of furan rings is 1. The number of anilines is 2. The molecule has 1 aromatic heterocycles. The van der Waals surface area contributed by atoms with Crippen LogP contribution in [0, 0.1) is 0 Å². The third-order valence-corrected chi connectivity index (χ3v) is 6.67. The van der Waals surface area contributed by atoms with E-state index in [0.29, 0.717) is 48.6 Å². The summed E-state index contributed by atoms with van der Waals surface area (Å²) in [6.07, 6.45) is 0. The van der Waals surface area contributed by atoms with Gasteiger partial charge in [0.1, 0.15) is 5.58 Å². The summed E-state index contributed by atoms with van der Waals surface area (Å²) in [5, 5.41) is 6.54. The first-order valence-corrected chi connectivity index (χ1v) is 12.8. The summed E-state index contributed by atoms with van der Waals surface area (Å²) >= 11 is 5.43. The zero-order valence-corrected chi connectivity index (χ0v) is 22.0. The first-order valence-electron chi connectivity index (χ1n) is 12.4. The summed E-state index contributed by atoms with van der Waals surface area (Å²) in [6, 6.07) is 23.2. The number of ether oxygens (including phenoxy) is 1. The van der Waals surface area contributed by atoms with Crippen LogP contribution in [0.3, 0.4) is 0 Å². The minimum atomic E-state index is -0.500. The van der Waals surface area contributed by atoms with Gasteiger partial charge in [-0.1, -0.05) is 36.4 Å². The van der Waals surface area contributed by atoms with Crippen LogP contribution in [-0.2, 0) is 4.74 Å². The number of methoxy groups -OCH3 is 1. The fourth-order valence-electron chi connectivity index (χ4n) is 4.48. The average Bonchev–Trinajstić information content (AvgIpc) is 3.42. The van der Waals surface area contributed by atoms with E-state index in [-0.39, 0.29) is 16.8 Å². The number of esters is 1. The molecular formula is C29H26N4O5S. The normalized spacial score (nSPS) is 13.2. The second kappa shape index (κ2) is 11.4. The SMILES string of the molecule is COC(=O)c1ccc(N2CCN(C(=O)c3ccccc3)CC2)c(NC(=S)NC(=O)c2cc3ccccc3o2)c1. The van der Waals surface area contributed by atoms with Crippen molar-refractivity contribution in [3.8, 4) is 0 Å². The molecule has 0 radical (unpaired) electrons. The number of hydrogen-bond donors (Lipinski definition) is 2. The highest BCUT2D eigenvalue weighted by atomic mass is 32.1. The lowest BCUT2D eigenvalue weighted by molar-refractivity contribution is 0.0600. The summed E-state index contributed by atoms with van der Waals surface area (Å²) in [7, 11) is 1.31. The highest BCUT2D eigenvalue weighted by Gasteiger charge is 2.25. The van der Waals surface area contributed by atoms with E-state index in [4.69, 9.17) is 21.4 Å². The number of piperazine rings is 1. The lowest BCUT2D eigenvalue weighted by atomic mass is 10.1. The van der Waals surface area contributed by atoms with Crippen molar-refractivity contribution in [2.45, 2.75) is 0 Å². The topological polar surface area (TPSA) is 104 Å². The van der Waals surface area contributed by atoms with Crippen molar-refractivity contribution in [2.75, 3.05) is 43.5 Å². The molecule has 2 heterocycles. The molecule has 0 saturated carbocycles. The molecule has 1 fully saturated rings. The monoisotopic (exact) mass is 542 g/mol. The van der Waals surface area contributed by atoms with E-state index < -0.39 is 11.9 Å². The van der Waals surface area contributed by atoms with Gasteiger partial charge in [-0.2, -0.15) is 0 Å². The molecular weight excluding hydrogens is 516 g/mol. The molecule has 0 bridgehead atoms. The minimum Gasteiger partial charge on any atom is -0.465 e. The lowest BCUT2D eigenvalue weighted by Gasteiger charge is -2.37. The summed E-state index contributed by atoms with van der Waals surface area (Å²) in [5.74, 6) is -0.880. The molecule has 1 aliphatic heterocycles. The Morgan fingerprint density at radius 3 is 2.31 bits per heavy atom. The van der Waals surface area contributed by atoms with Gasteiger partial charge in [-0.3, -0.25) is 14.9 Å². The van der Waals surface area contributed by atoms with Gasteiger partial charge in [0.2, 0.25) is 0 Å². The fraction of sp³-hybridized carbons (Fsp3) is 0.172. The molecule has 2 amide bonds. The highest BCUT2D eigenvalue weighted by molar-refractivity contribution is 7.80. The maximum absolute atomic E-state index is 12.9. The van der Waals surface area contributed by atoms with Gasteiger partial charge in [0.25, 0.3) is 11.8 Å². The Labute approximate surface area is 230 Å². The maximum Gasteiger partial charge on any atom is 0.337 e. The van der Waals surface area contributed by atoms with E-state index in [9.17, 15) is 14.4 Å². The predicted octanol–water partition coefficient (Wildman–Crippen LogP) is 4.31. The number of carbonyl (C=O) groups is 3. The van der Waals surface area contributed by atoms with Gasteiger partial charge in [-0.15, -0.1) is 0 Å². The van der Waals surface area contributed by atoms with Crippen LogP contribution in [0.5, 0.6) is 0 Å².